The molecule has 0 radical (unpaired) electrons. The van der Waals surface area contributed by atoms with Gasteiger partial charge in [0.15, 0.2) is 23.0 Å². The highest BCUT2D eigenvalue weighted by Gasteiger charge is 2.47. The van der Waals surface area contributed by atoms with Crippen molar-refractivity contribution in [3.8, 4) is 28.7 Å². The highest BCUT2D eigenvalue weighted by atomic mass is 16.7. The van der Waals surface area contributed by atoms with Gasteiger partial charge in [0.05, 0.1) is 18.7 Å². The van der Waals surface area contributed by atoms with Crippen molar-refractivity contribution in [2.24, 2.45) is 0 Å². The fourth-order valence-electron chi connectivity index (χ4n) is 5.22. The zero-order valence-electron chi connectivity index (χ0n) is 19.8. The number of ketones is 1. The molecule has 0 aliphatic carbocycles. The van der Waals surface area contributed by atoms with Crippen LogP contribution in [0.15, 0.2) is 35.9 Å². The number of amides is 1. The lowest BCUT2D eigenvalue weighted by molar-refractivity contribution is -0.140. The number of carbonyl (C=O) groups excluding carboxylic acids is 2. The molecule has 1 N–H and O–H groups in total. The minimum Gasteiger partial charge on any atom is -0.507 e. The van der Waals surface area contributed by atoms with Crippen molar-refractivity contribution in [2.45, 2.75) is 18.9 Å². The van der Waals surface area contributed by atoms with Crippen LogP contribution in [-0.2, 0) is 9.59 Å². The van der Waals surface area contributed by atoms with Gasteiger partial charge in [0.1, 0.15) is 5.76 Å². The fraction of sp³-hybridized carbons (Fsp3) is 0.385. The summed E-state index contributed by atoms with van der Waals surface area (Å²) >= 11 is 0. The van der Waals surface area contributed by atoms with Gasteiger partial charge in [0, 0.05) is 18.7 Å². The van der Waals surface area contributed by atoms with E-state index in [1.165, 1.54) is 12.0 Å². The molecule has 36 heavy (non-hydrogen) atoms. The SMILES string of the molecule is COc1cc([C@@H]2C(=C(O)c3ccc4c(c3)OCO4)C(=O)C(=O)N2CCN2CCCC2)cc2c1OCO2. The number of methoxy groups -OCH3 is 1. The number of aliphatic hydroxyl groups is 1. The van der Waals surface area contributed by atoms with E-state index in [4.69, 9.17) is 23.7 Å². The molecule has 4 aliphatic rings. The molecule has 0 aromatic heterocycles. The van der Waals surface area contributed by atoms with Crippen molar-refractivity contribution in [3.05, 3.63) is 47.0 Å². The summed E-state index contributed by atoms with van der Waals surface area (Å²) < 4.78 is 27.4. The summed E-state index contributed by atoms with van der Waals surface area (Å²) in [6, 6.07) is 7.53. The first-order valence-electron chi connectivity index (χ1n) is 11.9. The van der Waals surface area contributed by atoms with E-state index in [-0.39, 0.29) is 24.9 Å². The Balaban J connectivity index is 1.45. The number of carbonyl (C=O) groups is 2. The highest BCUT2D eigenvalue weighted by molar-refractivity contribution is 6.46. The number of benzene rings is 2. The summed E-state index contributed by atoms with van der Waals surface area (Å²) in [5.41, 5.74) is 0.940. The number of rotatable bonds is 6. The number of nitrogens with zero attached hydrogens (tertiary/aromatic N) is 2. The van der Waals surface area contributed by atoms with E-state index >= 15 is 0 Å². The number of hydrogen-bond acceptors (Lipinski definition) is 9. The second-order valence-corrected chi connectivity index (χ2v) is 9.07. The van der Waals surface area contributed by atoms with Crippen LogP contribution in [0.2, 0.25) is 0 Å². The Morgan fingerprint density at radius 2 is 1.72 bits per heavy atom. The lowest BCUT2D eigenvalue weighted by Gasteiger charge is -2.27. The predicted molar refractivity (Wildman–Crippen MR) is 126 cm³/mol. The third kappa shape index (κ3) is 3.69. The molecule has 4 heterocycles. The molecule has 2 aromatic rings. The number of fused-ring (bicyclic) bond motifs is 2. The van der Waals surface area contributed by atoms with Crippen LogP contribution in [0.5, 0.6) is 28.7 Å². The average Bonchev–Trinajstić information content (AvgIpc) is 3.69. The molecule has 2 fully saturated rings. The third-order valence-electron chi connectivity index (χ3n) is 7.04. The van der Waals surface area contributed by atoms with Crippen molar-refractivity contribution >= 4 is 17.4 Å². The molecular formula is C26H26N2O8. The first kappa shape index (κ1) is 22.5. The van der Waals surface area contributed by atoms with Crippen molar-refractivity contribution in [3.63, 3.8) is 0 Å². The van der Waals surface area contributed by atoms with Crippen LogP contribution in [0.1, 0.15) is 30.0 Å². The Hall–Kier alpha value is -3.92. The summed E-state index contributed by atoms with van der Waals surface area (Å²) in [4.78, 5) is 30.5. The normalized spacial score (nSPS) is 22.0. The molecule has 0 saturated carbocycles. The van der Waals surface area contributed by atoms with E-state index in [1.54, 1.807) is 30.3 Å². The molecule has 0 bridgehead atoms. The largest absolute Gasteiger partial charge is 0.507 e. The Labute approximate surface area is 207 Å². The third-order valence-corrected chi connectivity index (χ3v) is 7.04. The van der Waals surface area contributed by atoms with Gasteiger partial charge in [-0.3, -0.25) is 9.59 Å². The zero-order chi connectivity index (χ0) is 24.8. The average molecular weight is 495 g/mol. The summed E-state index contributed by atoms with van der Waals surface area (Å²) in [5.74, 6) is 0.679. The van der Waals surface area contributed by atoms with E-state index in [1.807, 2.05) is 0 Å². The van der Waals surface area contributed by atoms with Crippen molar-refractivity contribution < 1.29 is 38.4 Å². The van der Waals surface area contributed by atoms with Crippen LogP contribution in [-0.4, -0.2) is 73.5 Å². The first-order valence-corrected chi connectivity index (χ1v) is 11.9. The lowest BCUT2D eigenvalue weighted by atomic mass is 9.94. The summed E-state index contributed by atoms with van der Waals surface area (Å²) in [7, 11) is 1.51. The lowest BCUT2D eigenvalue weighted by Crippen LogP contribution is -2.37. The number of hydrogen-bond donors (Lipinski definition) is 1. The standard InChI is InChI=1S/C26H26N2O8/c1-32-19-11-16(12-20-25(19)36-14-35-20)22-21(23(29)15-4-5-17-18(10-15)34-13-33-17)24(30)26(31)28(22)9-8-27-6-2-3-7-27/h4-5,10-12,22,29H,2-3,6-9,13-14H2,1H3/t22-/m1/s1. The van der Waals surface area contributed by atoms with Crippen molar-refractivity contribution in [2.75, 3.05) is 46.9 Å². The maximum Gasteiger partial charge on any atom is 0.295 e. The second-order valence-electron chi connectivity index (χ2n) is 9.07. The smallest absolute Gasteiger partial charge is 0.295 e. The Morgan fingerprint density at radius 3 is 2.53 bits per heavy atom. The maximum absolute atomic E-state index is 13.4. The van der Waals surface area contributed by atoms with Gasteiger partial charge >= 0.3 is 0 Å². The molecule has 2 saturated heterocycles. The molecule has 1 atom stereocenters. The highest BCUT2D eigenvalue weighted by Crippen LogP contribution is 2.47. The molecule has 0 unspecified atom stereocenters. The van der Waals surface area contributed by atoms with E-state index in [2.05, 4.69) is 4.90 Å². The minimum absolute atomic E-state index is 0.00112. The van der Waals surface area contributed by atoms with Gasteiger partial charge in [-0.05, 0) is 61.8 Å². The van der Waals surface area contributed by atoms with Gasteiger partial charge in [0.25, 0.3) is 11.7 Å². The van der Waals surface area contributed by atoms with Crippen LogP contribution in [0.25, 0.3) is 5.76 Å². The molecule has 4 aliphatic heterocycles. The summed E-state index contributed by atoms with van der Waals surface area (Å²) in [5, 5.41) is 11.4. The van der Waals surface area contributed by atoms with Gasteiger partial charge in [-0.1, -0.05) is 0 Å². The second kappa shape index (κ2) is 8.94. The molecule has 6 rings (SSSR count). The number of likely N-dealkylation sites (tertiary alicyclic amines) is 2. The van der Waals surface area contributed by atoms with Gasteiger partial charge < -0.3 is 38.6 Å². The first-order chi connectivity index (χ1) is 17.5. The van der Waals surface area contributed by atoms with Crippen LogP contribution in [0.4, 0.5) is 0 Å². The molecule has 2 aromatic carbocycles. The van der Waals surface area contributed by atoms with Crippen molar-refractivity contribution in [1.82, 2.24) is 9.80 Å². The van der Waals surface area contributed by atoms with E-state index in [0.717, 1.165) is 25.9 Å². The molecule has 10 heteroatoms. The van der Waals surface area contributed by atoms with Crippen LogP contribution < -0.4 is 23.7 Å². The zero-order valence-corrected chi connectivity index (χ0v) is 19.8. The van der Waals surface area contributed by atoms with E-state index in [9.17, 15) is 14.7 Å². The molecule has 1 amide bonds. The molecular weight excluding hydrogens is 468 g/mol. The quantitative estimate of drug-likeness (QED) is 0.368. The number of aliphatic hydroxyl groups excluding tert-OH is 1. The number of Topliss-reactive ketones (excluding diaryl/α,β-unsaturated/α-hetero) is 1. The summed E-state index contributed by atoms with van der Waals surface area (Å²) in [6.07, 6.45) is 2.23. The van der Waals surface area contributed by atoms with Gasteiger partial charge in [-0.2, -0.15) is 0 Å². The Kier molecular flexibility index (Phi) is 5.60. The van der Waals surface area contributed by atoms with Crippen LogP contribution in [0, 0.1) is 0 Å². The topological polar surface area (TPSA) is 107 Å². The minimum atomic E-state index is -0.832. The van der Waals surface area contributed by atoms with Gasteiger partial charge in [-0.15, -0.1) is 0 Å². The predicted octanol–water partition coefficient (Wildman–Crippen LogP) is 2.67. The van der Waals surface area contributed by atoms with Gasteiger partial charge in [-0.25, -0.2) is 0 Å². The van der Waals surface area contributed by atoms with Crippen LogP contribution in [0.3, 0.4) is 0 Å². The van der Waals surface area contributed by atoms with Crippen molar-refractivity contribution in [1.29, 1.82) is 0 Å². The monoisotopic (exact) mass is 494 g/mol. The molecule has 10 nitrogen and oxygen atoms in total. The molecule has 188 valence electrons. The van der Waals surface area contributed by atoms with E-state index in [0.29, 0.717) is 53.0 Å². The summed E-state index contributed by atoms with van der Waals surface area (Å²) in [6.45, 7) is 3.02. The Morgan fingerprint density at radius 1 is 0.972 bits per heavy atom. The van der Waals surface area contributed by atoms with Gasteiger partial charge in [0.2, 0.25) is 19.3 Å². The maximum atomic E-state index is 13.4. The fourth-order valence-corrected chi connectivity index (χ4v) is 5.22. The Bertz CT molecular complexity index is 1270. The molecule has 0 spiro atoms. The van der Waals surface area contributed by atoms with Crippen LogP contribution >= 0.6 is 0 Å². The van der Waals surface area contributed by atoms with E-state index < -0.39 is 17.7 Å². The number of ether oxygens (including phenoxy) is 5.